The molecule has 4 aromatic rings. The van der Waals surface area contributed by atoms with Crippen LogP contribution in [0.1, 0.15) is 20.3 Å². The molecule has 2 atom stereocenters. The zero-order valence-corrected chi connectivity index (χ0v) is 28.7. The predicted molar refractivity (Wildman–Crippen MR) is 186 cm³/mol. The number of ether oxygens (including phenoxy) is 3. The highest BCUT2D eigenvalue weighted by Gasteiger charge is 2.26. The largest absolute Gasteiger partial charge is 0.495 e. The molecule has 250 valence electrons. The summed E-state index contributed by atoms with van der Waals surface area (Å²) in [6.07, 6.45) is 2.29. The summed E-state index contributed by atoms with van der Waals surface area (Å²) in [4.78, 5) is 34.7. The van der Waals surface area contributed by atoms with Crippen molar-refractivity contribution in [1.29, 1.82) is 0 Å². The average Bonchev–Trinajstić information content (AvgIpc) is 3.02. The first-order valence-electron chi connectivity index (χ1n) is 15.2. The summed E-state index contributed by atoms with van der Waals surface area (Å²) in [6, 6.07) is 10.1. The summed E-state index contributed by atoms with van der Waals surface area (Å²) in [5, 5.41) is 16.3. The molecule has 0 amide bonds. The highest BCUT2D eigenvalue weighted by Crippen LogP contribution is 2.45. The van der Waals surface area contributed by atoms with Gasteiger partial charge in [0.25, 0.3) is 11.2 Å². The number of hydrogen-bond acceptors (Lipinski definition) is 10. The Balaban J connectivity index is 1.59. The van der Waals surface area contributed by atoms with Gasteiger partial charge in [0.15, 0.2) is 0 Å². The van der Waals surface area contributed by atoms with Crippen molar-refractivity contribution in [3.05, 3.63) is 73.1 Å². The van der Waals surface area contributed by atoms with Crippen molar-refractivity contribution in [1.82, 2.24) is 14.5 Å². The highest BCUT2D eigenvalue weighted by molar-refractivity contribution is 6.41. The van der Waals surface area contributed by atoms with Crippen LogP contribution in [-0.2, 0) is 11.3 Å². The van der Waals surface area contributed by atoms with E-state index in [4.69, 9.17) is 37.4 Å². The standard InChI is InChI=1S/C33H38Cl2N6O6/c1-19-17-39(18-20(2)47-19)22-8-9-24(26(13-22)41(43)44)37-29-14-25-21(16-36-29)12-23(33(42)40(25)11-7-10-38(3)4)30-31(34)27(45-5)15-28(46-6)32(30)35/h8-9,12-16,19-20H,7,10-11,17-18H2,1-6H3,(H,36,37)/t19-,20+. The number of pyridine rings is 2. The van der Waals surface area contributed by atoms with E-state index in [-0.39, 0.29) is 44.8 Å². The van der Waals surface area contributed by atoms with Crippen molar-refractivity contribution in [3.63, 3.8) is 0 Å². The summed E-state index contributed by atoms with van der Waals surface area (Å²) in [5.74, 6) is 0.962. The smallest absolute Gasteiger partial charge is 0.294 e. The molecule has 1 N–H and O–H groups in total. The van der Waals surface area contributed by atoms with Gasteiger partial charge >= 0.3 is 0 Å². The van der Waals surface area contributed by atoms with E-state index in [1.54, 1.807) is 41.1 Å². The van der Waals surface area contributed by atoms with Crippen molar-refractivity contribution in [2.75, 3.05) is 58.2 Å². The van der Waals surface area contributed by atoms with Gasteiger partial charge in [0, 0.05) is 60.7 Å². The van der Waals surface area contributed by atoms with E-state index in [1.165, 1.54) is 14.2 Å². The monoisotopic (exact) mass is 684 g/mol. The number of benzene rings is 2. The Morgan fingerprint density at radius 3 is 2.32 bits per heavy atom. The second-order valence-corrected chi connectivity index (χ2v) is 12.6. The normalized spacial score (nSPS) is 16.5. The Hall–Kier alpha value is -4.10. The Morgan fingerprint density at radius 2 is 1.72 bits per heavy atom. The Morgan fingerprint density at radius 1 is 1.06 bits per heavy atom. The van der Waals surface area contributed by atoms with Gasteiger partial charge in [0.2, 0.25) is 0 Å². The predicted octanol–water partition coefficient (Wildman–Crippen LogP) is 6.60. The number of anilines is 3. The lowest BCUT2D eigenvalue weighted by Crippen LogP contribution is -2.45. The zero-order valence-electron chi connectivity index (χ0n) is 27.2. The molecule has 0 unspecified atom stereocenters. The first kappa shape index (κ1) is 34.2. The molecule has 12 nitrogen and oxygen atoms in total. The van der Waals surface area contributed by atoms with Crippen LogP contribution in [-0.4, -0.2) is 79.5 Å². The molecule has 0 spiro atoms. The lowest BCUT2D eigenvalue weighted by atomic mass is 10.0. The summed E-state index contributed by atoms with van der Waals surface area (Å²) in [7, 11) is 6.86. The van der Waals surface area contributed by atoms with Gasteiger partial charge in [-0.1, -0.05) is 23.2 Å². The van der Waals surface area contributed by atoms with Gasteiger partial charge in [-0.25, -0.2) is 4.98 Å². The SMILES string of the molecule is COc1cc(OC)c(Cl)c(-c2cc3cnc(Nc4ccc(N5C[C@@H](C)O[C@@H](C)C5)cc4[N+](=O)[O-])cc3n(CCCN(C)C)c2=O)c1Cl. The van der Waals surface area contributed by atoms with E-state index in [2.05, 4.69) is 15.2 Å². The quantitative estimate of drug-likeness (QED) is 0.136. The van der Waals surface area contributed by atoms with Crippen LogP contribution in [0.5, 0.6) is 11.5 Å². The van der Waals surface area contributed by atoms with E-state index in [0.717, 1.165) is 12.2 Å². The number of methoxy groups -OCH3 is 2. The lowest BCUT2D eigenvalue weighted by Gasteiger charge is -2.36. The van der Waals surface area contributed by atoms with E-state index in [0.29, 0.717) is 59.8 Å². The van der Waals surface area contributed by atoms with Crippen LogP contribution in [0.15, 0.2) is 47.4 Å². The number of rotatable bonds is 11. The number of aryl methyl sites for hydroxylation is 1. The number of hydrogen-bond donors (Lipinski definition) is 1. The van der Waals surface area contributed by atoms with Crippen molar-refractivity contribution in [2.45, 2.75) is 39.0 Å². The van der Waals surface area contributed by atoms with E-state index >= 15 is 0 Å². The number of nitro groups is 1. The van der Waals surface area contributed by atoms with Crippen LogP contribution in [0, 0.1) is 10.1 Å². The Bertz CT molecular complexity index is 1830. The van der Waals surface area contributed by atoms with Crippen molar-refractivity contribution >= 4 is 57.0 Å². The van der Waals surface area contributed by atoms with Gasteiger partial charge in [0.05, 0.1) is 52.5 Å². The fraction of sp³-hybridized carbons (Fsp3) is 0.394. The van der Waals surface area contributed by atoms with Crippen molar-refractivity contribution in [2.24, 2.45) is 0 Å². The molecule has 47 heavy (non-hydrogen) atoms. The number of morpholine rings is 1. The molecule has 0 radical (unpaired) electrons. The number of aromatic nitrogens is 2. The van der Waals surface area contributed by atoms with Crippen LogP contribution in [0.4, 0.5) is 22.9 Å². The van der Waals surface area contributed by atoms with Crippen LogP contribution in [0.2, 0.25) is 10.0 Å². The molecule has 1 aliphatic rings. The van der Waals surface area contributed by atoms with E-state index in [1.807, 2.05) is 38.9 Å². The van der Waals surface area contributed by atoms with Gasteiger partial charge < -0.3 is 33.9 Å². The van der Waals surface area contributed by atoms with Gasteiger partial charge in [0.1, 0.15) is 23.0 Å². The van der Waals surface area contributed by atoms with Gasteiger partial charge in [-0.3, -0.25) is 14.9 Å². The molecular formula is C33H38Cl2N6O6. The minimum absolute atomic E-state index is 0.00579. The molecule has 1 fully saturated rings. The maximum Gasteiger partial charge on any atom is 0.294 e. The molecule has 1 saturated heterocycles. The first-order chi connectivity index (χ1) is 22.4. The fourth-order valence-corrected chi connectivity index (χ4v) is 6.61. The topological polar surface area (TPSA) is 124 Å². The number of nitrogens with zero attached hydrogens (tertiary/aromatic N) is 5. The number of nitro benzene ring substituents is 1. The number of nitrogens with one attached hydrogen (secondary N) is 1. The summed E-state index contributed by atoms with van der Waals surface area (Å²) in [6.45, 7) is 6.35. The van der Waals surface area contributed by atoms with E-state index < -0.39 is 4.92 Å². The maximum atomic E-state index is 14.2. The molecule has 2 aromatic heterocycles. The van der Waals surface area contributed by atoms with E-state index in [9.17, 15) is 14.9 Å². The zero-order chi connectivity index (χ0) is 34.0. The average molecular weight is 686 g/mol. The molecule has 2 aromatic carbocycles. The summed E-state index contributed by atoms with van der Waals surface area (Å²) >= 11 is 13.4. The first-order valence-corrected chi connectivity index (χ1v) is 15.9. The number of halogens is 2. The van der Waals surface area contributed by atoms with Crippen LogP contribution < -0.4 is 25.2 Å². The molecule has 0 bridgehead atoms. The second kappa shape index (κ2) is 14.3. The second-order valence-electron chi connectivity index (χ2n) is 11.8. The minimum atomic E-state index is -0.417. The summed E-state index contributed by atoms with van der Waals surface area (Å²) in [5.41, 5.74) is 1.75. The molecule has 3 heterocycles. The van der Waals surface area contributed by atoms with Crippen molar-refractivity contribution in [3.8, 4) is 22.6 Å². The molecule has 0 aliphatic carbocycles. The van der Waals surface area contributed by atoms with Crippen molar-refractivity contribution < 1.29 is 19.1 Å². The Kier molecular flexibility index (Phi) is 10.5. The molecule has 14 heteroatoms. The summed E-state index contributed by atoms with van der Waals surface area (Å²) < 4.78 is 18.4. The minimum Gasteiger partial charge on any atom is -0.495 e. The van der Waals surface area contributed by atoms with Crippen LogP contribution >= 0.6 is 23.2 Å². The number of fused-ring (bicyclic) bond motifs is 1. The van der Waals surface area contributed by atoms with Crippen LogP contribution in [0.3, 0.4) is 0 Å². The third-order valence-corrected chi connectivity index (χ3v) is 8.78. The van der Waals surface area contributed by atoms with Crippen LogP contribution in [0.25, 0.3) is 22.0 Å². The maximum absolute atomic E-state index is 14.2. The van der Waals surface area contributed by atoms with Gasteiger partial charge in [-0.05, 0) is 59.1 Å². The fourth-order valence-electron chi connectivity index (χ4n) is 5.91. The van der Waals surface area contributed by atoms with Gasteiger partial charge in [-0.15, -0.1) is 0 Å². The third kappa shape index (κ3) is 7.25. The molecular weight excluding hydrogens is 647 g/mol. The lowest BCUT2D eigenvalue weighted by molar-refractivity contribution is -0.383. The highest BCUT2D eigenvalue weighted by atomic mass is 35.5. The molecule has 0 saturated carbocycles. The third-order valence-electron chi connectivity index (χ3n) is 8.03. The molecule has 1 aliphatic heterocycles. The van der Waals surface area contributed by atoms with Gasteiger partial charge in [-0.2, -0.15) is 0 Å². The Labute approximate surface area is 282 Å². The molecule has 5 rings (SSSR count).